The highest BCUT2D eigenvalue weighted by Gasteiger charge is 2.62. The number of hydrogen-bond acceptors (Lipinski definition) is 3. The molecular formula is C51H39N3. The van der Waals surface area contributed by atoms with E-state index in [1.807, 2.05) is 0 Å². The van der Waals surface area contributed by atoms with E-state index < -0.39 is 0 Å². The van der Waals surface area contributed by atoms with Gasteiger partial charge in [-0.2, -0.15) is 0 Å². The summed E-state index contributed by atoms with van der Waals surface area (Å²) in [5, 5.41) is 5.09. The molecule has 5 aliphatic rings. The maximum Gasteiger partial charge on any atom is 0.164 e. The molecule has 4 fully saturated rings. The van der Waals surface area contributed by atoms with Gasteiger partial charge in [-0.05, 0) is 111 Å². The van der Waals surface area contributed by atoms with Crippen LogP contribution in [0.15, 0.2) is 152 Å². The summed E-state index contributed by atoms with van der Waals surface area (Å²) < 4.78 is 0. The summed E-state index contributed by atoms with van der Waals surface area (Å²) in [6.07, 6.45) is 6.83. The zero-order valence-electron chi connectivity index (χ0n) is 30.1. The molecule has 4 bridgehead atoms. The fourth-order valence-electron chi connectivity index (χ4n) is 11.8. The minimum Gasteiger partial charge on any atom is -0.208 e. The molecule has 1 heterocycles. The third kappa shape index (κ3) is 4.33. The van der Waals surface area contributed by atoms with Gasteiger partial charge in [0.25, 0.3) is 0 Å². The standard InChI is InChI=1S/C51H39N3/c1-2-10-33(11-3-1)34-20-22-37(23-21-34)48-52-49(42-17-8-14-35-12-4-6-15-40(35)42)54-50(53-48)44-18-9-19-45-46(44)43-25-24-36-13-5-7-16-41(36)47(43)51(45)38-27-31-26-32(29-38)30-39(51)28-31/h1-25,31-32,38-39H,26-30H2. The number of fused-ring (bicyclic) bond motifs is 6. The Bertz CT molecular complexity index is 2750. The highest BCUT2D eigenvalue weighted by Crippen LogP contribution is 2.70. The molecule has 258 valence electrons. The number of aromatic nitrogens is 3. The van der Waals surface area contributed by atoms with Gasteiger partial charge in [-0.1, -0.05) is 152 Å². The van der Waals surface area contributed by atoms with E-state index in [0.717, 1.165) is 39.7 Å². The Morgan fingerprint density at radius 1 is 0.389 bits per heavy atom. The Balaban J connectivity index is 1.11. The molecule has 7 aromatic carbocycles. The molecule has 0 unspecified atom stereocenters. The maximum absolute atomic E-state index is 5.43. The summed E-state index contributed by atoms with van der Waals surface area (Å²) in [6.45, 7) is 0. The molecular weight excluding hydrogens is 655 g/mol. The molecule has 3 nitrogen and oxygen atoms in total. The van der Waals surface area contributed by atoms with Crippen molar-refractivity contribution in [1.82, 2.24) is 15.0 Å². The topological polar surface area (TPSA) is 38.7 Å². The number of rotatable bonds is 4. The van der Waals surface area contributed by atoms with Gasteiger partial charge in [-0.15, -0.1) is 0 Å². The summed E-state index contributed by atoms with van der Waals surface area (Å²) in [5.41, 5.74) is 11.3. The molecule has 0 aliphatic heterocycles. The Morgan fingerprint density at radius 2 is 0.944 bits per heavy atom. The largest absolute Gasteiger partial charge is 0.208 e. The third-order valence-corrected chi connectivity index (χ3v) is 13.7. The highest BCUT2D eigenvalue weighted by atomic mass is 15.0. The van der Waals surface area contributed by atoms with Crippen molar-refractivity contribution in [3.05, 3.63) is 163 Å². The summed E-state index contributed by atoms with van der Waals surface area (Å²) in [4.78, 5) is 16.1. The second-order valence-corrected chi connectivity index (χ2v) is 16.4. The van der Waals surface area contributed by atoms with Crippen LogP contribution in [0.1, 0.15) is 43.2 Å². The summed E-state index contributed by atoms with van der Waals surface area (Å²) >= 11 is 0. The van der Waals surface area contributed by atoms with E-state index in [-0.39, 0.29) is 5.41 Å². The van der Waals surface area contributed by atoms with Gasteiger partial charge in [0.1, 0.15) is 0 Å². The highest BCUT2D eigenvalue weighted by molar-refractivity contribution is 6.02. The first-order valence-corrected chi connectivity index (χ1v) is 19.8. The van der Waals surface area contributed by atoms with Crippen molar-refractivity contribution in [3.8, 4) is 56.4 Å². The van der Waals surface area contributed by atoms with Crippen LogP contribution >= 0.6 is 0 Å². The molecule has 0 amide bonds. The average Bonchev–Trinajstić information content (AvgIpc) is 3.54. The first kappa shape index (κ1) is 30.5. The van der Waals surface area contributed by atoms with E-state index in [1.165, 1.54) is 76.1 Å². The molecule has 5 aliphatic carbocycles. The van der Waals surface area contributed by atoms with Crippen molar-refractivity contribution < 1.29 is 0 Å². The van der Waals surface area contributed by atoms with Crippen LogP contribution in [0.2, 0.25) is 0 Å². The van der Waals surface area contributed by atoms with Crippen LogP contribution in [-0.2, 0) is 5.41 Å². The lowest BCUT2D eigenvalue weighted by molar-refractivity contribution is -0.0393. The lowest BCUT2D eigenvalue weighted by Crippen LogP contribution is -2.55. The maximum atomic E-state index is 5.43. The van der Waals surface area contributed by atoms with Crippen LogP contribution in [0.4, 0.5) is 0 Å². The molecule has 54 heavy (non-hydrogen) atoms. The van der Waals surface area contributed by atoms with Gasteiger partial charge in [0.2, 0.25) is 0 Å². The monoisotopic (exact) mass is 693 g/mol. The molecule has 8 aromatic rings. The lowest BCUT2D eigenvalue weighted by Gasteiger charge is -2.61. The van der Waals surface area contributed by atoms with Gasteiger partial charge in [0, 0.05) is 22.1 Å². The molecule has 3 heteroatoms. The SMILES string of the molecule is c1ccc(-c2ccc(-c3nc(-c4cccc5c4-c4ccc6ccccc6c4C54C5CC6CC(C5)CC4C6)nc(-c4cccc5ccccc45)n3)cc2)cc1. The van der Waals surface area contributed by atoms with Crippen molar-refractivity contribution in [2.45, 2.75) is 37.5 Å². The van der Waals surface area contributed by atoms with Crippen LogP contribution in [-0.4, -0.2) is 15.0 Å². The van der Waals surface area contributed by atoms with Gasteiger partial charge >= 0.3 is 0 Å². The summed E-state index contributed by atoms with van der Waals surface area (Å²) in [5.74, 6) is 5.24. The second-order valence-electron chi connectivity index (χ2n) is 16.4. The van der Waals surface area contributed by atoms with E-state index in [2.05, 4.69) is 152 Å². The molecule has 0 atom stereocenters. The molecule has 0 saturated heterocycles. The van der Waals surface area contributed by atoms with E-state index >= 15 is 0 Å². The Kier molecular flexibility index (Phi) is 6.52. The van der Waals surface area contributed by atoms with Crippen molar-refractivity contribution in [2.24, 2.45) is 23.7 Å². The number of nitrogens with zero attached hydrogens (tertiary/aromatic N) is 3. The minimum absolute atomic E-state index is 0.0244. The fraction of sp³-hybridized carbons (Fsp3) is 0.196. The van der Waals surface area contributed by atoms with Crippen LogP contribution in [0.5, 0.6) is 0 Å². The number of benzene rings is 7. The predicted octanol–water partition coefficient (Wildman–Crippen LogP) is 12.6. The zero-order chi connectivity index (χ0) is 35.4. The van der Waals surface area contributed by atoms with Crippen LogP contribution < -0.4 is 0 Å². The molecule has 0 radical (unpaired) electrons. The van der Waals surface area contributed by atoms with E-state index in [4.69, 9.17) is 15.0 Å². The van der Waals surface area contributed by atoms with Crippen LogP contribution in [0, 0.1) is 23.7 Å². The molecule has 1 aromatic heterocycles. The number of hydrogen-bond donors (Lipinski definition) is 0. The van der Waals surface area contributed by atoms with Gasteiger partial charge in [0.05, 0.1) is 0 Å². The van der Waals surface area contributed by atoms with Crippen molar-refractivity contribution >= 4 is 21.5 Å². The van der Waals surface area contributed by atoms with E-state index in [9.17, 15) is 0 Å². The van der Waals surface area contributed by atoms with Crippen LogP contribution in [0.3, 0.4) is 0 Å². The Morgan fingerprint density at radius 3 is 1.70 bits per heavy atom. The summed E-state index contributed by atoms with van der Waals surface area (Å²) in [7, 11) is 0. The molecule has 13 rings (SSSR count). The molecule has 4 saturated carbocycles. The normalized spacial score (nSPS) is 23.3. The lowest BCUT2D eigenvalue weighted by atomic mass is 9.43. The average molecular weight is 694 g/mol. The smallest absolute Gasteiger partial charge is 0.164 e. The fourth-order valence-corrected chi connectivity index (χ4v) is 11.8. The minimum atomic E-state index is 0.0244. The molecule has 1 spiro atoms. The predicted molar refractivity (Wildman–Crippen MR) is 220 cm³/mol. The second kappa shape index (κ2) is 11.5. The van der Waals surface area contributed by atoms with E-state index in [0.29, 0.717) is 23.5 Å². The van der Waals surface area contributed by atoms with Crippen molar-refractivity contribution in [3.63, 3.8) is 0 Å². The quantitative estimate of drug-likeness (QED) is 0.184. The van der Waals surface area contributed by atoms with Crippen LogP contribution in [0.25, 0.3) is 78.0 Å². The first-order valence-electron chi connectivity index (χ1n) is 19.8. The Hall–Kier alpha value is -5.93. The van der Waals surface area contributed by atoms with Gasteiger partial charge in [-0.25, -0.2) is 15.0 Å². The summed E-state index contributed by atoms with van der Waals surface area (Å²) in [6, 6.07) is 55.2. The zero-order valence-corrected chi connectivity index (χ0v) is 30.1. The van der Waals surface area contributed by atoms with Gasteiger partial charge < -0.3 is 0 Å². The van der Waals surface area contributed by atoms with Crippen molar-refractivity contribution in [2.75, 3.05) is 0 Å². The van der Waals surface area contributed by atoms with Crippen molar-refractivity contribution in [1.29, 1.82) is 0 Å². The Labute approximate surface area is 315 Å². The van der Waals surface area contributed by atoms with E-state index in [1.54, 1.807) is 5.56 Å². The van der Waals surface area contributed by atoms with Gasteiger partial charge in [0.15, 0.2) is 17.5 Å². The molecule has 0 N–H and O–H groups in total. The first-order chi connectivity index (χ1) is 26.7. The van der Waals surface area contributed by atoms with Gasteiger partial charge in [-0.3, -0.25) is 0 Å². The third-order valence-electron chi connectivity index (χ3n) is 13.7.